The largest absolute Gasteiger partial charge is 0.495 e. The van der Waals surface area contributed by atoms with Crippen LogP contribution in [0.2, 0.25) is 0 Å². The van der Waals surface area contributed by atoms with Crippen LogP contribution in [0.25, 0.3) is 6.08 Å². The van der Waals surface area contributed by atoms with Gasteiger partial charge in [0.2, 0.25) is 5.95 Å². The summed E-state index contributed by atoms with van der Waals surface area (Å²) in [6, 6.07) is 1.31. The smallest absolute Gasteiger partial charge is 0.487 e. The SMILES string of the molecule is COc1cnc(F)cc1/C=C/B1OC(C)(C)C(C)(C)O1. The molecule has 4 nitrogen and oxygen atoms in total. The number of halogens is 1. The number of hydrogen-bond donors (Lipinski definition) is 0. The third-order valence-corrected chi connectivity index (χ3v) is 3.79. The van der Waals surface area contributed by atoms with E-state index in [4.69, 9.17) is 14.0 Å². The Morgan fingerprint density at radius 2 is 1.85 bits per heavy atom. The zero-order chi connectivity index (χ0) is 15.0. The number of hydrogen-bond acceptors (Lipinski definition) is 4. The van der Waals surface area contributed by atoms with Gasteiger partial charge in [-0.2, -0.15) is 4.39 Å². The maximum absolute atomic E-state index is 13.2. The van der Waals surface area contributed by atoms with Crippen LogP contribution in [0.15, 0.2) is 18.2 Å². The van der Waals surface area contributed by atoms with Gasteiger partial charge in [-0.3, -0.25) is 0 Å². The van der Waals surface area contributed by atoms with E-state index in [-0.39, 0.29) is 0 Å². The van der Waals surface area contributed by atoms with Crippen molar-refractivity contribution < 1.29 is 18.4 Å². The lowest BCUT2D eigenvalue weighted by Gasteiger charge is -2.32. The summed E-state index contributed by atoms with van der Waals surface area (Å²) < 4.78 is 30.0. The molecule has 1 aromatic heterocycles. The van der Waals surface area contributed by atoms with Crippen LogP contribution in [0.3, 0.4) is 0 Å². The Labute approximate surface area is 119 Å². The second-order valence-corrected chi connectivity index (χ2v) is 5.73. The minimum Gasteiger partial charge on any atom is -0.495 e. The third kappa shape index (κ3) is 2.86. The number of methoxy groups -OCH3 is 1. The van der Waals surface area contributed by atoms with Crippen LogP contribution in [-0.4, -0.2) is 30.4 Å². The highest BCUT2D eigenvalue weighted by Crippen LogP contribution is 2.37. The van der Waals surface area contributed by atoms with Gasteiger partial charge >= 0.3 is 7.12 Å². The second kappa shape index (κ2) is 5.18. The number of aromatic nitrogens is 1. The molecule has 6 heteroatoms. The highest BCUT2D eigenvalue weighted by atomic mass is 19.1. The molecule has 1 aliphatic rings. The Morgan fingerprint density at radius 3 is 2.40 bits per heavy atom. The zero-order valence-electron chi connectivity index (χ0n) is 12.4. The molecule has 0 amide bonds. The highest BCUT2D eigenvalue weighted by molar-refractivity contribution is 6.52. The van der Waals surface area contributed by atoms with Gasteiger partial charge in [0.1, 0.15) is 5.75 Å². The number of rotatable bonds is 3. The molecule has 0 aromatic carbocycles. The van der Waals surface area contributed by atoms with Crippen molar-refractivity contribution >= 4 is 13.2 Å². The Balaban J connectivity index is 2.17. The average molecular weight is 279 g/mol. The van der Waals surface area contributed by atoms with Gasteiger partial charge in [0, 0.05) is 11.6 Å². The molecule has 0 unspecified atom stereocenters. The maximum Gasteiger partial charge on any atom is 0.487 e. The van der Waals surface area contributed by atoms with Gasteiger partial charge in [0.25, 0.3) is 0 Å². The van der Waals surface area contributed by atoms with Crippen LogP contribution in [0.4, 0.5) is 4.39 Å². The lowest BCUT2D eigenvalue weighted by Crippen LogP contribution is -2.41. The van der Waals surface area contributed by atoms with E-state index >= 15 is 0 Å². The van der Waals surface area contributed by atoms with Gasteiger partial charge in [0.05, 0.1) is 24.5 Å². The Morgan fingerprint density at radius 1 is 1.25 bits per heavy atom. The molecule has 0 atom stereocenters. The van der Waals surface area contributed by atoms with Crippen molar-refractivity contribution in [3.63, 3.8) is 0 Å². The first-order chi connectivity index (χ1) is 9.25. The van der Waals surface area contributed by atoms with Gasteiger partial charge in [0.15, 0.2) is 0 Å². The zero-order valence-corrected chi connectivity index (χ0v) is 12.4. The molecule has 0 aliphatic carbocycles. The molecule has 0 saturated carbocycles. The van der Waals surface area contributed by atoms with Crippen LogP contribution in [0.5, 0.6) is 5.75 Å². The van der Waals surface area contributed by atoms with E-state index in [9.17, 15) is 4.39 Å². The van der Waals surface area contributed by atoms with Gasteiger partial charge in [-0.25, -0.2) is 4.98 Å². The topological polar surface area (TPSA) is 40.6 Å². The van der Waals surface area contributed by atoms with Crippen molar-refractivity contribution in [1.29, 1.82) is 0 Å². The molecule has 0 bridgehead atoms. The van der Waals surface area contributed by atoms with E-state index in [1.165, 1.54) is 19.4 Å². The normalized spacial score (nSPS) is 20.6. The summed E-state index contributed by atoms with van der Waals surface area (Å²) >= 11 is 0. The molecule has 1 saturated heterocycles. The van der Waals surface area contributed by atoms with Crippen molar-refractivity contribution in [3.05, 3.63) is 29.7 Å². The third-order valence-electron chi connectivity index (χ3n) is 3.79. The van der Waals surface area contributed by atoms with Gasteiger partial charge < -0.3 is 14.0 Å². The Bertz CT molecular complexity index is 515. The van der Waals surface area contributed by atoms with Gasteiger partial charge in [-0.1, -0.05) is 12.1 Å². The maximum atomic E-state index is 13.2. The Kier molecular flexibility index (Phi) is 3.89. The summed E-state index contributed by atoms with van der Waals surface area (Å²) in [4.78, 5) is 3.55. The molecule has 1 aromatic rings. The van der Waals surface area contributed by atoms with E-state index in [0.29, 0.717) is 11.3 Å². The summed E-state index contributed by atoms with van der Waals surface area (Å²) in [5, 5.41) is 0. The van der Waals surface area contributed by atoms with Gasteiger partial charge in [-0.15, -0.1) is 0 Å². The molecule has 0 spiro atoms. The molecule has 1 aliphatic heterocycles. The number of ether oxygens (including phenoxy) is 1. The number of nitrogens with zero attached hydrogens (tertiary/aromatic N) is 1. The minimum atomic E-state index is -0.556. The first kappa shape index (κ1) is 15.0. The fourth-order valence-electron chi connectivity index (χ4n) is 1.88. The Hall–Kier alpha value is -1.40. The van der Waals surface area contributed by atoms with E-state index in [0.717, 1.165) is 0 Å². The second-order valence-electron chi connectivity index (χ2n) is 5.73. The van der Waals surface area contributed by atoms with Crippen molar-refractivity contribution in [2.24, 2.45) is 0 Å². The van der Waals surface area contributed by atoms with Crippen LogP contribution in [0, 0.1) is 5.95 Å². The van der Waals surface area contributed by atoms with E-state index in [2.05, 4.69) is 4.98 Å². The van der Waals surface area contributed by atoms with Crippen LogP contribution < -0.4 is 4.74 Å². The summed E-state index contributed by atoms with van der Waals surface area (Å²) in [5.74, 6) is 1.69. The standard InChI is InChI=1S/C14H19BFNO3/c1-13(2)14(3,4)20-15(19-13)7-6-10-8-12(16)17-9-11(10)18-5/h6-9H,1-5H3/b7-6+. The first-order valence-corrected chi connectivity index (χ1v) is 6.48. The molecule has 0 radical (unpaired) electrons. The van der Waals surface area contributed by atoms with Crippen molar-refractivity contribution in [2.75, 3.05) is 7.11 Å². The summed E-state index contributed by atoms with van der Waals surface area (Å²) in [5.41, 5.74) is -0.194. The molecule has 20 heavy (non-hydrogen) atoms. The monoisotopic (exact) mass is 279 g/mol. The molecule has 108 valence electrons. The fraction of sp³-hybridized carbons (Fsp3) is 0.500. The molecule has 0 N–H and O–H groups in total. The number of pyridine rings is 1. The summed E-state index contributed by atoms with van der Waals surface area (Å²) in [6.07, 6.45) is 3.06. The fourth-order valence-corrected chi connectivity index (χ4v) is 1.88. The minimum absolute atomic E-state index is 0.393. The van der Waals surface area contributed by atoms with Crippen molar-refractivity contribution in [2.45, 2.75) is 38.9 Å². The lowest BCUT2D eigenvalue weighted by atomic mass is 9.89. The summed E-state index contributed by atoms with van der Waals surface area (Å²) in [7, 11) is 1.04. The highest BCUT2D eigenvalue weighted by Gasteiger charge is 2.50. The molecular weight excluding hydrogens is 260 g/mol. The van der Waals surface area contributed by atoms with Crippen LogP contribution in [-0.2, 0) is 9.31 Å². The van der Waals surface area contributed by atoms with E-state index in [1.807, 2.05) is 27.7 Å². The van der Waals surface area contributed by atoms with E-state index < -0.39 is 24.3 Å². The van der Waals surface area contributed by atoms with Crippen molar-refractivity contribution in [1.82, 2.24) is 4.98 Å². The van der Waals surface area contributed by atoms with Gasteiger partial charge in [-0.05, 0) is 27.7 Å². The lowest BCUT2D eigenvalue weighted by molar-refractivity contribution is 0.00578. The predicted octanol–water partition coefficient (Wildman–Crippen LogP) is 2.87. The average Bonchev–Trinajstić information content (AvgIpc) is 2.55. The molecular formula is C14H19BFNO3. The predicted molar refractivity (Wildman–Crippen MR) is 75.9 cm³/mol. The van der Waals surface area contributed by atoms with Crippen molar-refractivity contribution in [3.8, 4) is 5.75 Å². The first-order valence-electron chi connectivity index (χ1n) is 6.48. The van der Waals surface area contributed by atoms with Crippen LogP contribution >= 0.6 is 0 Å². The molecule has 2 rings (SSSR count). The molecule has 2 heterocycles. The van der Waals surface area contributed by atoms with E-state index in [1.54, 1.807) is 12.1 Å². The summed E-state index contributed by atoms with van der Waals surface area (Å²) in [6.45, 7) is 7.92. The quantitative estimate of drug-likeness (QED) is 0.630. The molecule has 1 fully saturated rings. The van der Waals surface area contributed by atoms with Crippen LogP contribution in [0.1, 0.15) is 33.3 Å².